The van der Waals surface area contributed by atoms with E-state index >= 15 is 4.39 Å². The van der Waals surface area contributed by atoms with Crippen molar-refractivity contribution in [2.45, 2.75) is 57.5 Å². The molecule has 33 heavy (non-hydrogen) atoms. The van der Waals surface area contributed by atoms with Crippen molar-refractivity contribution in [1.82, 2.24) is 29.9 Å². The summed E-state index contributed by atoms with van der Waals surface area (Å²) in [5, 5.41) is 12.9. The zero-order valence-electron chi connectivity index (χ0n) is 19.0. The average molecular weight is 461 g/mol. The summed E-state index contributed by atoms with van der Waals surface area (Å²) in [6.07, 6.45) is 0.0494. The Balaban J connectivity index is 1.49. The molecule has 1 aliphatic rings. The molecule has 0 unspecified atom stereocenters. The number of carbonyl (C=O) groups excluding carboxylic acids is 1. The van der Waals surface area contributed by atoms with Crippen LogP contribution in [0.3, 0.4) is 0 Å². The number of rotatable bonds is 8. The predicted molar refractivity (Wildman–Crippen MR) is 118 cm³/mol. The maximum Gasteiger partial charge on any atom is 0.407 e. The molecule has 3 N–H and O–H groups in total. The van der Waals surface area contributed by atoms with E-state index in [9.17, 15) is 4.79 Å². The third kappa shape index (κ3) is 5.00. The van der Waals surface area contributed by atoms with Gasteiger partial charge < -0.3 is 24.8 Å². The first-order valence-corrected chi connectivity index (χ1v) is 10.7. The molecule has 1 saturated carbocycles. The third-order valence-electron chi connectivity index (χ3n) is 5.39. The number of alkyl halides is 1. The Bertz CT molecular complexity index is 1120. The molecule has 0 spiro atoms. The van der Waals surface area contributed by atoms with Crippen LogP contribution in [0.25, 0.3) is 5.65 Å². The smallest absolute Gasteiger partial charge is 0.407 e. The fourth-order valence-corrected chi connectivity index (χ4v) is 3.91. The highest BCUT2D eigenvalue weighted by molar-refractivity contribution is 5.67. The molecule has 3 atom stereocenters. The minimum atomic E-state index is -1.33. The molecule has 0 aliphatic heterocycles. The summed E-state index contributed by atoms with van der Waals surface area (Å²) < 4.78 is 32.5. The number of nitrogens with zero attached hydrogens (tertiary/aromatic N) is 4. The molecule has 0 aromatic carbocycles. The van der Waals surface area contributed by atoms with Crippen molar-refractivity contribution >= 4 is 23.5 Å². The van der Waals surface area contributed by atoms with E-state index in [1.165, 1.54) is 7.11 Å². The topological polar surface area (TPSA) is 128 Å². The van der Waals surface area contributed by atoms with Crippen molar-refractivity contribution in [2.75, 3.05) is 19.5 Å². The largest absolute Gasteiger partial charge is 0.481 e. The molecule has 0 saturated heterocycles. The van der Waals surface area contributed by atoms with Crippen molar-refractivity contribution in [3.63, 3.8) is 0 Å². The first kappa shape index (κ1) is 22.8. The van der Waals surface area contributed by atoms with Crippen LogP contribution >= 0.6 is 0 Å². The fraction of sp³-hybridized carbons (Fsp3) is 0.524. The van der Waals surface area contributed by atoms with Crippen LogP contribution in [0.5, 0.6) is 5.88 Å². The number of halogens is 1. The highest BCUT2D eigenvalue weighted by Crippen LogP contribution is 2.38. The van der Waals surface area contributed by atoms with E-state index in [2.05, 4.69) is 30.8 Å². The zero-order valence-corrected chi connectivity index (χ0v) is 19.0. The summed E-state index contributed by atoms with van der Waals surface area (Å²) in [7, 11) is 3.12. The Hall–Kier alpha value is -3.41. The van der Waals surface area contributed by atoms with E-state index in [-0.39, 0.29) is 6.04 Å². The van der Waals surface area contributed by atoms with Crippen molar-refractivity contribution in [3.8, 4) is 5.88 Å². The highest BCUT2D eigenvalue weighted by atomic mass is 19.1. The molecule has 1 aliphatic carbocycles. The number of hydrogen-bond acceptors (Lipinski definition) is 8. The Kier molecular flexibility index (Phi) is 6.63. The van der Waals surface area contributed by atoms with E-state index < -0.39 is 24.3 Å². The van der Waals surface area contributed by atoms with Crippen LogP contribution in [-0.4, -0.2) is 63.2 Å². The van der Waals surface area contributed by atoms with Gasteiger partial charge in [-0.15, -0.1) is 0 Å². The highest BCUT2D eigenvalue weighted by Gasteiger charge is 2.40. The number of amides is 1. The molecule has 1 amide bonds. The molecule has 1 fully saturated rings. The number of nitrogens with one attached hydrogen (secondary N) is 3. The summed E-state index contributed by atoms with van der Waals surface area (Å²) in [5.41, 5.74) is 1.98. The molecule has 178 valence electrons. The Morgan fingerprint density at radius 3 is 2.85 bits per heavy atom. The van der Waals surface area contributed by atoms with Gasteiger partial charge in [-0.05, 0) is 26.7 Å². The van der Waals surface area contributed by atoms with E-state index in [0.717, 1.165) is 5.69 Å². The first-order chi connectivity index (χ1) is 15.9. The lowest BCUT2D eigenvalue weighted by atomic mass is 10.0. The van der Waals surface area contributed by atoms with E-state index in [0.29, 0.717) is 48.4 Å². The summed E-state index contributed by atoms with van der Waals surface area (Å²) in [4.78, 5) is 20.8. The van der Waals surface area contributed by atoms with E-state index in [1.807, 2.05) is 13.8 Å². The van der Waals surface area contributed by atoms with Crippen molar-refractivity contribution in [1.29, 1.82) is 0 Å². The summed E-state index contributed by atoms with van der Waals surface area (Å²) in [5.74, 6) is 0.828. The van der Waals surface area contributed by atoms with Crippen LogP contribution in [0.15, 0.2) is 18.3 Å². The molecule has 0 bridgehead atoms. The Morgan fingerprint density at radius 2 is 2.12 bits per heavy atom. The van der Waals surface area contributed by atoms with Gasteiger partial charge in [0.25, 0.3) is 0 Å². The number of methoxy groups -OCH3 is 2. The maximum absolute atomic E-state index is 15.0. The third-order valence-corrected chi connectivity index (χ3v) is 5.39. The molecule has 4 rings (SSSR count). The van der Waals surface area contributed by atoms with Gasteiger partial charge in [-0.1, -0.05) is 0 Å². The number of aromatic amines is 1. The van der Waals surface area contributed by atoms with Gasteiger partial charge >= 0.3 is 6.09 Å². The lowest BCUT2D eigenvalue weighted by Crippen LogP contribution is -2.36. The average Bonchev–Trinajstić information content (AvgIpc) is 3.47. The fourth-order valence-electron chi connectivity index (χ4n) is 3.91. The van der Waals surface area contributed by atoms with Crippen LogP contribution in [-0.2, 0) is 16.1 Å². The van der Waals surface area contributed by atoms with Crippen LogP contribution in [0.4, 0.5) is 21.0 Å². The van der Waals surface area contributed by atoms with Crippen LogP contribution < -0.4 is 15.4 Å². The summed E-state index contributed by atoms with van der Waals surface area (Å²) in [6, 6.07) is 3.36. The zero-order chi connectivity index (χ0) is 23.5. The van der Waals surface area contributed by atoms with Gasteiger partial charge in [-0.3, -0.25) is 9.50 Å². The molecule has 3 aromatic rings. The number of H-pyrrole nitrogens is 1. The quantitative estimate of drug-likeness (QED) is 0.467. The van der Waals surface area contributed by atoms with Gasteiger partial charge in [-0.25, -0.2) is 14.2 Å². The van der Waals surface area contributed by atoms with Crippen LogP contribution in [0.2, 0.25) is 0 Å². The SMILES string of the molecule is COCc1cn2c(Nc3cc([C@H]4CC[C@@H](OC(=O)NC(C)C)[C@@H]4F)[nH]n3)nc(OC)cc2n1. The number of anilines is 2. The second-order valence-electron chi connectivity index (χ2n) is 8.22. The minimum absolute atomic E-state index is 0.0771. The monoisotopic (exact) mass is 461 g/mol. The van der Waals surface area contributed by atoms with Gasteiger partial charge in [0.2, 0.25) is 11.8 Å². The lowest BCUT2D eigenvalue weighted by molar-refractivity contribution is 0.0555. The number of ether oxygens (including phenoxy) is 3. The van der Waals surface area contributed by atoms with E-state index in [4.69, 9.17) is 14.2 Å². The predicted octanol–water partition coefficient (Wildman–Crippen LogP) is 3.07. The Labute approximate surface area is 190 Å². The molecule has 3 aromatic heterocycles. The second-order valence-corrected chi connectivity index (χ2v) is 8.22. The minimum Gasteiger partial charge on any atom is -0.481 e. The van der Waals surface area contributed by atoms with Crippen molar-refractivity contribution in [2.24, 2.45) is 0 Å². The van der Waals surface area contributed by atoms with Crippen molar-refractivity contribution in [3.05, 3.63) is 29.7 Å². The van der Waals surface area contributed by atoms with Gasteiger partial charge in [0.1, 0.15) is 17.9 Å². The van der Waals surface area contributed by atoms with Gasteiger partial charge in [0.15, 0.2) is 5.82 Å². The van der Waals surface area contributed by atoms with Gasteiger partial charge in [-0.2, -0.15) is 10.1 Å². The summed E-state index contributed by atoms with van der Waals surface area (Å²) in [6.45, 7) is 3.99. The lowest BCUT2D eigenvalue weighted by Gasteiger charge is -2.18. The van der Waals surface area contributed by atoms with Crippen LogP contribution in [0.1, 0.15) is 44.0 Å². The Morgan fingerprint density at radius 1 is 1.30 bits per heavy atom. The number of carbonyl (C=O) groups is 1. The standard InChI is InChI=1S/C21H28FN7O4/c1-11(2)23-21(30)33-15-6-5-13(19(15)22)14-7-16(28-27-14)25-20-26-18(32-4)8-17-24-12(10-31-3)9-29(17)20/h7-9,11,13,15,19H,5-6,10H2,1-4H3,(H,23,30)(H2,25,26,27,28)/t13-,15-,19-/m1/s1. The second kappa shape index (κ2) is 9.61. The molecule has 12 heteroatoms. The molecular formula is C21H28FN7O4. The molecular weight excluding hydrogens is 433 g/mol. The number of alkyl carbamates (subject to hydrolysis) is 1. The molecule has 0 radical (unpaired) electrons. The normalized spacial score (nSPS) is 20.4. The van der Waals surface area contributed by atoms with Crippen molar-refractivity contribution < 1.29 is 23.4 Å². The molecule has 11 nitrogen and oxygen atoms in total. The number of hydrogen-bond donors (Lipinski definition) is 3. The summed E-state index contributed by atoms with van der Waals surface area (Å²) >= 11 is 0. The number of imidazole rings is 1. The van der Waals surface area contributed by atoms with Gasteiger partial charge in [0.05, 0.1) is 19.4 Å². The van der Waals surface area contributed by atoms with Gasteiger partial charge in [0, 0.05) is 43.1 Å². The van der Waals surface area contributed by atoms with Crippen LogP contribution in [0, 0.1) is 0 Å². The number of fused-ring (bicyclic) bond motifs is 1. The van der Waals surface area contributed by atoms with E-state index in [1.54, 1.807) is 29.8 Å². The number of aromatic nitrogens is 5. The molecule has 3 heterocycles. The maximum atomic E-state index is 15.0. The first-order valence-electron chi connectivity index (χ1n) is 10.7.